The molecule has 0 N–H and O–H groups in total. The Kier molecular flexibility index (Phi) is 5.68. The molecule has 2 bridgehead atoms. The van der Waals surface area contributed by atoms with Crippen LogP contribution in [0.3, 0.4) is 0 Å². The molecule has 0 saturated carbocycles. The molecule has 1 aliphatic rings. The van der Waals surface area contributed by atoms with Crippen molar-refractivity contribution < 1.29 is 19.1 Å². The zero-order chi connectivity index (χ0) is 15.1. The van der Waals surface area contributed by atoms with E-state index >= 15 is 0 Å². The highest BCUT2D eigenvalue weighted by Crippen LogP contribution is 2.04. The number of rotatable bonds is 1. The summed E-state index contributed by atoms with van der Waals surface area (Å²) >= 11 is 0. The molecule has 0 aliphatic carbocycles. The summed E-state index contributed by atoms with van der Waals surface area (Å²) in [5.74, 6) is -0.592. The van der Waals surface area contributed by atoms with Crippen molar-refractivity contribution in [2.75, 3.05) is 32.8 Å². The molecule has 1 aromatic rings. The average Bonchev–Trinajstić information content (AvgIpc) is 2.45. The third-order valence-electron chi connectivity index (χ3n) is 3.30. The Morgan fingerprint density at radius 2 is 1.57 bits per heavy atom. The summed E-state index contributed by atoms with van der Waals surface area (Å²) in [4.78, 5) is 29.8. The fraction of sp³-hybridized carbons (Fsp3) is 0.533. The quantitative estimate of drug-likeness (QED) is 0.706. The van der Waals surface area contributed by atoms with Crippen LogP contribution in [0.4, 0.5) is 0 Å². The van der Waals surface area contributed by atoms with E-state index in [9.17, 15) is 9.59 Å². The van der Waals surface area contributed by atoms with E-state index in [0.29, 0.717) is 37.7 Å². The highest BCUT2D eigenvalue weighted by molar-refractivity contribution is 5.73. The lowest BCUT2D eigenvalue weighted by Gasteiger charge is -2.20. The number of carbonyl (C=O) groups is 2. The SMILES string of the molecule is CCN1CCOC(=O)Cc2cccc(n2)CC(=O)OCC1. The number of hydrogen-bond donors (Lipinski definition) is 0. The Hall–Kier alpha value is -1.95. The van der Waals surface area contributed by atoms with Crippen LogP contribution in [-0.4, -0.2) is 54.7 Å². The normalized spacial score (nSPS) is 18.5. The Morgan fingerprint density at radius 1 is 1.05 bits per heavy atom. The van der Waals surface area contributed by atoms with E-state index in [1.165, 1.54) is 0 Å². The molecule has 0 radical (unpaired) electrons. The molecule has 1 aliphatic heterocycles. The van der Waals surface area contributed by atoms with Gasteiger partial charge in [0.1, 0.15) is 13.2 Å². The van der Waals surface area contributed by atoms with Gasteiger partial charge in [0.25, 0.3) is 0 Å². The fourth-order valence-electron chi connectivity index (χ4n) is 2.13. The monoisotopic (exact) mass is 292 g/mol. The second-order valence-electron chi connectivity index (χ2n) is 4.85. The maximum absolute atomic E-state index is 11.7. The molecule has 0 amide bonds. The van der Waals surface area contributed by atoms with Gasteiger partial charge >= 0.3 is 11.9 Å². The number of aromatic nitrogens is 1. The molecule has 2 heterocycles. The molecule has 6 nitrogen and oxygen atoms in total. The van der Waals surface area contributed by atoms with Crippen molar-refractivity contribution in [2.45, 2.75) is 19.8 Å². The van der Waals surface area contributed by atoms with Gasteiger partial charge < -0.3 is 9.47 Å². The first kappa shape index (κ1) is 15.4. The maximum atomic E-state index is 11.7. The molecule has 1 aromatic heterocycles. The molecule has 0 saturated heterocycles. The molecule has 114 valence electrons. The minimum Gasteiger partial charge on any atom is -0.464 e. The largest absolute Gasteiger partial charge is 0.464 e. The van der Waals surface area contributed by atoms with Crippen molar-refractivity contribution in [3.63, 3.8) is 0 Å². The molecule has 0 spiro atoms. The van der Waals surface area contributed by atoms with Crippen molar-refractivity contribution >= 4 is 11.9 Å². The number of esters is 2. The number of ether oxygens (including phenoxy) is 2. The first-order chi connectivity index (χ1) is 10.2. The lowest BCUT2D eigenvalue weighted by atomic mass is 10.2. The van der Waals surface area contributed by atoms with Gasteiger partial charge in [-0.15, -0.1) is 0 Å². The van der Waals surface area contributed by atoms with Crippen LogP contribution < -0.4 is 0 Å². The summed E-state index contributed by atoms with van der Waals surface area (Å²) in [5.41, 5.74) is 1.21. The van der Waals surface area contributed by atoms with Crippen LogP contribution in [0.2, 0.25) is 0 Å². The number of hydrogen-bond acceptors (Lipinski definition) is 6. The highest BCUT2D eigenvalue weighted by atomic mass is 16.5. The van der Waals surface area contributed by atoms with Gasteiger partial charge in [0, 0.05) is 13.1 Å². The Labute approximate surface area is 124 Å². The molecule has 0 aromatic carbocycles. The van der Waals surface area contributed by atoms with Crippen molar-refractivity contribution in [2.24, 2.45) is 0 Å². The summed E-state index contributed by atoms with van der Waals surface area (Å²) in [6.45, 7) is 4.76. The first-order valence-corrected chi connectivity index (χ1v) is 7.16. The summed E-state index contributed by atoms with van der Waals surface area (Å²) in [5, 5.41) is 0. The number of likely N-dealkylation sites (N-methyl/N-ethyl adjacent to an activating group) is 1. The van der Waals surface area contributed by atoms with Crippen LogP contribution in [0, 0.1) is 0 Å². The van der Waals surface area contributed by atoms with Crippen LogP contribution >= 0.6 is 0 Å². The highest BCUT2D eigenvalue weighted by Gasteiger charge is 2.12. The molecule has 0 unspecified atom stereocenters. The molecule has 6 heteroatoms. The fourth-order valence-corrected chi connectivity index (χ4v) is 2.13. The minimum atomic E-state index is -0.296. The van der Waals surface area contributed by atoms with E-state index < -0.39 is 0 Å². The number of cyclic esters (lactones) is 2. The Balaban J connectivity index is 2.08. The number of fused-ring (bicyclic) bond motifs is 2. The van der Waals surface area contributed by atoms with Gasteiger partial charge in [-0.3, -0.25) is 19.5 Å². The third kappa shape index (κ3) is 5.15. The summed E-state index contributed by atoms with van der Waals surface area (Å²) in [7, 11) is 0. The van der Waals surface area contributed by atoms with Gasteiger partial charge in [0.05, 0.1) is 24.2 Å². The van der Waals surface area contributed by atoms with Crippen molar-refractivity contribution in [3.05, 3.63) is 29.6 Å². The first-order valence-electron chi connectivity index (χ1n) is 7.16. The standard InChI is InChI=1S/C15H20N2O4/c1-2-17-6-8-20-14(18)10-12-4-3-5-13(16-12)11-15(19)21-9-7-17/h3-5H,2,6-11H2,1H3. The molecular formula is C15H20N2O4. The van der Waals surface area contributed by atoms with Crippen LogP contribution in [0.25, 0.3) is 0 Å². The Morgan fingerprint density at radius 3 is 2.05 bits per heavy atom. The smallest absolute Gasteiger partial charge is 0.311 e. The summed E-state index contributed by atoms with van der Waals surface area (Å²) in [6.07, 6.45) is 0.240. The zero-order valence-corrected chi connectivity index (χ0v) is 12.2. The van der Waals surface area contributed by atoms with E-state index in [4.69, 9.17) is 9.47 Å². The molecular weight excluding hydrogens is 272 g/mol. The summed E-state index contributed by atoms with van der Waals surface area (Å²) < 4.78 is 10.4. The van der Waals surface area contributed by atoms with Crippen LogP contribution in [-0.2, 0) is 31.9 Å². The van der Waals surface area contributed by atoms with Crippen molar-refractivity contribution in [1.82, 2.24) is 9.88 Å². The van der Waals surface area contributed by atoms with E-state index in [1.54, 1.807) is 18.2 Å². The second kappa shape index (κ2) is 7.73. The number of carbonyl (C=O) groups excluding carboxylic acids is 2. The van der Waals surface area contributed by atoms with E-state index in [0.717, 1.165) is 6.54 Å². The third-order valence-corrected chi connectivity index (χ3v) is 3.30. The van der Waals surface area contributed by atoms with Crippen LogP contribution in [0.1, 0.15) is 18.3 Å². The topological polar surface area (TPSA) is 68.7 Å². The number of nitrogens with zero attached hydrogens (tertiary/aromatic N) is 2. The zero-order valence-electron chi connectivity index (χ0n) is 12.2. The Bertz CT molecular complexity index is 465. The summed E-state index contributed by atoms with van der Waals surface area (Å²) in [6, 6.07) is 5.28. The lowest BCUT2D eigenvalue weighted by Crippen LogP contribution is -2.32. The van der Waals surface area contributed by atoms with E-state index in [1.807, 2.05) is 6.92 Å². The van der Waals surface area contributed by atoms with Crippen LogP contribution in [0.15, 0.2) is 18.2 Å². The molecule has 2 rings (SSSR count). The van der Waals surface area contributed by atoms with Gasteiger partial charge in [-0.05, 0) is 18.7 Å². The van der Waals surface area contributed by atoms with Gasteiger partial charge in [-0.25, -0.2) is 0 Å². The molecule has 21 heavy (non-hydrogen) atoms. The number of pyridine rings is 1. The second-order valence-corrected chi connectivity index (χ2v) is 4.85. The van der Waals surface area contributed by atoms with Gasteiger partial charge in [0.2, 0.25) is 0 Å². The van der Waals surface area contributed by atoms with E-state index in [2.05, 4.69) is 9.88 Å². The predicted octanol–water partition coefficient (Wildman–Crippen LogP) is 0.588. The van der Waals surface area contributed by atoms with Crippen molar-refractivity contribution in [3.8, 4) is 0 Å². The van der Waals surface area contributed by atoms with Gasteiger partial charge in [-0.2, -0.15) is 0 Å². The van der Waals surface area contributed by atoms with Gasteiger partial charge in [0.15, 0.2) is 0 Å². The minimum absolute atomic E-state index is 0.120. The molecule has 0 atom stereocenters. The maximum Gasteiger partial charge on any atom is 0.311 e. The van der Waals surface area contributed by atoms with Gasteiger partial charge in [-0.1, -0.05) is 13.0 Å². The lowest BCUT2D eigenvalue weighted by molar-refractivity contribution is -0.143. The van der Waals surface area contributed by atoms with Crippen LogP contribution in [0.5, 0.6) is 0 Å². The predicted molar refractivity (Wildman–Crippen MR) is 75.7 cm³/mol. The van der Waals surface area contributed by atoms with Crippen molar-refractivity contribution in [1.29, 1.82) is 0 Å². The molecule has 0 fully saturated rings. The van der Waals surface area contributed by atoms with E-state index in [-0.39, 0.29) is 24.8 Å². The average molecular weight is 292 g/mol.